The Kier molecular flexibility index (Phi) is 8.65. The van der Waals surface area contributed by atoms with Gasteiger partial charge in [0.1, 0.15) is 18.2 Å². The maximum absolute atomic E-state index is 14.8. The third-order valence-electron chi connectivity index (χ3n) is 7.66. The first-order valence-electron chi connectivity index (χ1n) is 14.0. The Balaban J connectivity index is 1.15. The van der Waals surface area contributed by atoms with E-state index in [1.165, 1.54) is 18.5 Å². The number of rotatable bonds is 8. The number of anilines is 3. The molecule has 14 heteroatoms. The number of imide groups is 1. The average Bonchev–Trinajstić information content (AvgIpc) is 3.02. The molecule has 0 atom stereocenters. The minimum Gasteiger partial charge on any atom is -0.493 e. The number of methoxy groups -OCH3 is 1. The van der Waals surface area contributed by atoms with E-state index in [2.05, 4.69) is 30.5 Å². The molecule has 0 spiro atoms. The first kappa shape index (κ1) is 29.8. The lowest BCUT2D eigenvalue weighted by atomic mass is 10.1. The molecule has 2 aliphatic rings. The van der Waals surface area contributed by atoms with Crippen molar-refractivity contribution in [3.8, 4) is 11.5 Å². The Morgan fingerprint density at radius 1 is 1.09 bits per heavy atom. The third kappa shape index (κ3) is 6.19. The Morgan fingerprint density at radius 2 is 1.91 bits per heavy atom. The maximum Gasteiger partial charge on any atom is 0.328 e. The molecular weight excluding hydrogens is 612 g/mol. The lowest BCUT2D eigenvalue weighted by Crippen LogP contribution is -2.50. The number of fused-ring (bicyclic) bond motifs is 1. The number of nitrogens with one attached hydrogen (secondary N) is 2. The zero-order chi connectivity index (χ0) is 30.8. The second kappa shape index (κ2) is 12.8. The molecule has 3 amide bonds. The number of likely N-dealkylation sites (tertiary alicyclic amines) is 1. The predicted molar refractivity (Wildman–Crippen MR) is 164 cm³/mol. The van der Waals surface area contributed by atoms with E-state index in [4.69, 9.17) is 32.7 Å². The van der Waals surface area contributed by atoms with Crippen LogP contribution in [0.1, 0.15) is 24.8 Å². The molecule has 2 fully saturated rings. The van der Waals surface area contributed by atoms with Gasteiger partial charge in [0.2, 0.25) is 5.91 Å². The number of aromatic nitrogens is 3. The number of amides is 3. The molecular formula is C30H28Cl2FN7O4. The van der Waals surface area contributed by atoms with E-state index >= 15 is 0 Å². The van der Waals surface area contributed by atoms with Crippen LogP contribution in [0.3, 0.4) is 0 Å². The van der Waals surface area contributed by atoms with Crippen LogP contribution >= 0.6 is 23.2 Å². The predicted octanol–water partition coefficient (Wildman–Crippen LogP) is 5.71. The highest BCUT2D eigenvalue weighted by atomic mass is 35.5. The fourth-order valence-corrected chi connectivity index (χ4v) is 5.67. The molecule has 228 valence electrons. The number of hydrogen-bond acceptors (Lipinski definition) is 9. The van der Waals surface area contributed by atoms with Gasteiger partial charge in [0.05, 0.1) is 40.2 Å². The van der Waals surface area contributed by atoms with Crippen LogP contribution in [0, 0.1) is 5.82 Å². The van der Waals surface area contributed by atoms with Crippen LogP contribution in [-0.2, 0) is 11.3 Å². The number of piperidine rings is 1. The highest BCUT2D eigenvalue weighted by Crippen LogP contribution is 2.38. The molecule has 0 aliphatic carbocycles. The summed E-state index contributed by atoms with van der Waals surface area (Å²) in [4.78, 5) is 40.8. The van der Waals surface area contributed by atoms with Gasteiger partial charge >= 0.3 is 6.03 Å². The van der Waals surface area contributed by atoms with Crippen molar-refractivity contribution < 1.29 is 23.5 Å². The third-order valence-corrected chi connectivity index (χ3v) is 8.44. The monoisotopic (exact) mass is 639 g/mol. The lowest BCUT2D eigenvalue weighted by Gasteiger charge is -2.34. The zero-order valence-corrected chi connectivity index (χ0v) is 25.2. The first-order chi connectivity index (χ1) is 21.3. The van der Waals surface area contributed by atoms with Gasteiger partial charge in [-0.05, 0) is 42.7 Å². The quantitative estimate of drug-likeness (QED) is 0.233. The minimum absolute atomic E-state index is 0.0815. The van der Waals surface area contributed by atoms with E-state index in [1.807, 2.05) is 6.07 Å². The molecule has 4 heterocycles. The van der Waals surface area contributed by atoms with Gasteiger partial charge in [-0.2, -0.15) is 0 Å². The van der Waals surface area contributed by atoms with Crippen LogP contribution in [-0.4, -0.2) is 64.6 Å². The number of urea groups is 1. The van der Waals surface area contributed by atoms with E-state index in [0.717, 1.165) is 31.5 Å². The zero-order valence-electron chi connectivity index (χ0n) is 23.6. The number of carbonyl (C=O) groups excluding carboxylic acids is 2. The summed E-state index contributed by atoms with van der Waals surface area (Å²) in [6, 6.07) is 8.01. The van der Waals surface area contributed by atoms with E-state index in [0.29, 0.717) is 47.0 Å². The summed E-state index contributed by atoms with van der Waals surface area (Å²) in [6.07, 6.45) is 6.42. The summed E-state index contributed by atoms with van der Waals surface area (Å²) >= 11 is 11.9. The van der Waals surface area contributed by atoms with Crippen LogP contribution in [0.5, 0.6) is 11.5 Å². The van der Waals surface area contributed by atoms with Crippen molar-refractivity contribution in [3.05, 3.63) is 70.5 Å². The van der Waals surface area contributed by atoms with Crippen molar-refractivity contribution in [1.29, 1.82) is 0 Å². The topological polar surface area (TPSA) is 122 Å². The lowest BCUT2D eigenvalue weighted by molar-refractivity contribution is -0.120. The van der Waals surface area contributed by atoms with Crippen molar-refractivity contribution in [2.24, 2.45) is 0 Å². The molecule has 0 unspecified atom stereocenters. The van der Waals surface area contributed by atoms with Crippen molar-refractivity contribution in [2.75, 3.05) is 37.0 Å². The summed E-state index contributed by atoms with van der Waals surface area (Å²) in [5, 5.41) is 5.91. The molecule has 2 aromatic heterocycles. The largest absolute Gasteiger partial charge is 0.493 e. The van der Waals surface area contributed by atoms with Gasteiger partial charge < -0.3 is 14.8 Å². The molecule has 11 nitrogen and oxygen atoms in total. The van der Waals surface area contributed by atoms with Crippen molar-refractivity contribution >= 4 is 63.2 Å². The summed E-state index contributed by atoms with van der Waals surface area (Å²) in [5.41, 5.74) is 2.36. The molecule has 6 rings (SSSR count). The van der Waals surface area contributed by atoms with Crippen molar-refractivity contribution in [1.82, 2.24) is 25.2 Å². The Bertz CT molecular complexity index is 1740. The number of hydrogen-bond donors (Lipinski definition) is 2. The van der Waals surface area contributed by atoms with Gasteiger partial charge in [-0.25, -0.2) is 19.2 Å². The van der Waals surface area contributed by atoms with E-state index in [1.54, 1.807) is 36.5 Å². The molecule has 2 N–H and O–H groups in total. The van der Waals surface area contributed by atoms with Gasteiger partial charge in [0.25, 0.3) is 0 Å². The van der Waals surface area contributed by atoms with Crippen molar-refractivity contribution in [3.63, 3.8) is 0 Å². The Morgan fingerprint density at radius 3 is 2.68 bits per heavy atom. The first-order valence-corrected chi connectivity index (χ1v) is 14.7. The van der Waals surface area contributed by atoms with Crippen LogP contribution in [0.4, 0.5) is 26.4 Å². The fraction of sp³-hybridized carbons (Fsp3) is 0.300. The highest BCUT2D eigenvalue weighted by Gasteiger charge is 2.28. The molecule has 2 saturated heterocycles. The fourth-order valence-electron chi connectivity index (χ4n) is 5.36. The molecule has 44 heavy (non-hydrogen) atoms. The van der Waals surface area contributed by atoms with Crippen LogP contribution in [0.15, 0.2) is 49.1 Å². The smallest absolute Gasteiger partial charge is 0.328 e. The van der Waals surface area contributed by atoms with Crippen LogP contribution < -0.4 is 25.0 Å². The SMILES string of the molecule is COc1cc2ncnc(Nc3ccc(Cl)c(Cl)c3F)c2cc1OC1CCN(Cc2ccncc2N2CCC(=O)NC2=O)CC1. The summed E-state index contributed by atoms with van der Waals surface area (Å²) in [5.74, 6) is 0.450. The molecule has 4 aromatic rings. The second-order valence-electron chi connectivity index (χ2n) is 10.4. The normalized spacial score (nSPS) is 16.2. The number of pyridine rings is 1. The van der Waals surface area contributed by atoms with Gasteiger partial charge in [-0.1, -0.05) is 23.2 Å². The molecule has 2 aromatic carbocycles. The summed E-state index contributed by atoms with van der Waals surface area (Å²) in [6.45, 7) is 2.47. The van der Waals surface area contributed by atoms with Crippen LogP contribution in [0.25, 0.3) is 10.9 Å². The van der Waals surface area contributed by atoms with Gasteiger partial charge in [-0.15, -0.1) is 0 Å². The molecule has 0 saturated carbocycles. The number of nitrogens with zero attached hydrogens (tertiary/aromatic N) is 5. The van der Waals surface area contributed by atoms with E-state index in [-0.39, 0.29) is 34.2 Å². The van der Waals surface area contributed by atoms with E-state index in [9.17, 15) is 14.0 Å². The van der Waals surface area contributed by atoms with E-state index < -0.39 is 11.8 Å². The number of halogens is 3. The maximum atomic E-state index is 14.8. The summed E-state index contributed by atoms with van der Waals surface area (Å²) < 4.78 is 26.8. The standard InChI is InChI=1S/C30H28Cl2FN7O4/c1-43-24-13-22-19(29(36-16-35-22)37-21-3-2-20(31)27(32)28(21)33)12-25(24)44-18-5-9-39(10-6-18)15-17-4-8-34-14-23(17)40-11-7-26(41)38-30(40)42/h2-4,8,12-14,16,18H,5-7,9-11,15H2,1H3,(H,35,36,37)(H,38,41,42). The van der Waals surface area contributed by atoms with Crippen LogP contribution in [0.2, 0.25) is 10.0 Å². The van der Waals surface area contributed by atoms with Gasteiger partial charge in [0, 0.05) is 50.2 Å². The number of ether oxygens (including phenoxy) is 2. The molecule has 0 bridgehead atoms. The average molecular weight is 641 g/mol. The molecule has 0 radical (unpaired) electrons. The Hall–Kier alpha value is -4.26. The Labute approximate surface area is 262 Å². The summed E-state index contributed by atoms with van der Waals surface area (Å²) in [7, 11) is 1.56. The number of benzene rings is 2. The van der Waals surface area contributed by atoms with Gasteiger partial charge in [0.15, 0.2) is 17.3 Å². The van der Waals surface area contributed by atoms with Gasteiger partial charge in [-0.3, -0.25) is 24.9 Å². The second-order valence-corrected chi connectivity index (χ2v) is 11.2. The molecule has 2 aliphatic heterocycles. The number of carbonyl (C=O) groups is 2. The highest BCUT2D eigenvalue weighted by molar-refractivity contribution is 6.42. The van der Waals surface area contributed by atoms with Crippen molar-refractivity contribution in [2.45, 2.75) is 31.9 Å². The minimum atomic E-state index is -0.684.